The van der Waals surface area contributed by atoms with E-state index in [9.17, 15) is 15.3 Å². The first-order valence-electron chi connectivity index (χ1n) is 8.22. The molecule has 2 fully saturated rings. The second-order valence-corrected chi connectivity index (χ2v) is 6.51. The van der Waals surface area contributed by atoms with Gasteiger partial charge in [0, 0.05) is 6.54 Å². The predicted octanol–water partition coefficient (Wildman–Crippen LogP) is 0.675. The zero-order valence-electron chi connectivity index (χ0n) is 13.1. The molecule has 1 aliphatic carbocycles. The molecule has 0 spiro atoms. The number of rotatable bonds is 4. The van der Waals surface area contributed by atoms with Crippen LogP contribution in [0.4, 0.5) is 0 Å². The first-order valence-corrected chi connectivity index (χ1v) is 8.22. The van der Waals surface area contributed by atoms with Crippen molar-refractivity contribution in [1.29, 1.82) is 0 Å². The molecule has 126 valence electrons. The number of aliphatic hydroxyl groups is 3. The van der Waals surface area contributed by atoms with Gasteiger partial charge in [-0.05, 0) is 16.7 Å². The molecule has 2 aromatic carbocycles. The molecule has 1 aliphatic heterocycles. The summed E-state index contributed by atoms with van der Waals surface area (Å²) < 4.78 is 5.38. The topological polar surface area (TPSA) is 85.2 Å². The van der Waals surface area contributed by atoms with E-state index in [0.29, 0.717) is 6.54 Å². The van der Waals surface area contributed by atoms with Gasteiger partial charge in [0.25, 0.3) is 0 Å². The van der Waals surface area contributed by atoms with E-state index in [2.05, 4.69) is 29.6 Å². The first kappa shape index (κ1) is 15.7. The molecular weight excluding hydrogens is 306 g/mol. The third-order valence-electron chi connectivity index (χ3n) is 4.92. The molecule has 5 heteroatoms. The second kappa shape index (κ2) is 6.27. The molecule has 5 nitrogen and oxygen atoms in total. The number of benzene rings is 2. The highest BCUT2D eigenvalue weighted by Gasteiger charge is 2.59. The summed E-state index contributed by atoms with van der Waals surface area (Å²) in [4.78, 5) is 0. The van der Waals surface area contributed by atoms with E-state index in [1.165, 1.54) is 5.56 Å². The van der Waals surface area contributed by atoms with Crippen LogP contribution in [0.3, 0.4) is 0 Å². The lowest BCUT2D eigenvalue weighted by molar-refractivity contribution is -0.0876. The third kappa shape index (κ3) is 2.85. The molecule has 24 heavy (non-hydrogen) atoms. The summed E-state index contributed by atoms with van der Waals surface area (Å²) in [6.45, 7) is 0.562. The second-order valence-electron chi connectivity index (χ2n) is 6.51. The molecule has 0 bridgehead atoms. The van der Waals surface area contributed by atoms with Crippen LogP contribution in [-0.2, 0) is 11.3 Å². The van der Waals surface area contributed by atoms with E-state index in [1.54, 1.807) is 0 Å². The maximum atomic E-state index is 10.1. The van der Waals surface area contributed by atoms with Gasteiger partial charge in [0.2, 0.25) is 0 Å². The average molecular weight is 327 g/mol. The highest BCUT2D eigenvalue weighted by molar-refractivity contribution is 5.63. The van der Waals surface area contributed by atoms with Crippen molar-refractivity contribution in [3.05, 3.63) is 60.2 Å². The van der Waals surface area contributed by atoms with Gasteiger partial charge in [-0.1, -0.05) is 54.6 Å². The van der Waals surface area contributed by atoms with Crippen molar-refractivity contribution in [3.8, 4) is 11.1 Å². The molecule has 1 saturated heterocycles. The van der Waals surface area contributed by atoms with Crippen LogP contribution in [0.5, 0.6) is 0 Å². The van der Waals surface area contributed by atoms with Gasteiger partial charge in [-0.25, -0.2) is 0 Å². The highest BCUT2D eigenvalue weighted by atomic mass is 16.6. The van der Waals surface area contributed by atoms with Gasteiger partial charge >= 0.3 is 0 Å². The van der Waals surface area contributed by atoms with E-state index in [0.717, 1.165) is 11.1 Å². The van der Waals surface area contributed by atoms with E-state index in [-0.39, 0.29) is 18.2 Å². The number of aliphatic hydroxyl groups excluding tert-OH is 3. The number of hydrogen-bond donors (Lipinski definition) is 4. The van der Waals surface area contributed by atoms with Gasteiger partial charge in [0.15, 0.2) is 0 Å². The Balaban J connectivity index is 1.40. The van der Waals surface area contributed by atoms with Gasteiger partial charge < -0.3 is 25.4 Å². The number of nitrogens with one attached hydrogen (secondary N) is 1. The highest BCUT2D eigenvalue weighted by Crippen LogP contribution is 2.37. The lowest BCUT2D eigenvalue weighted by atomic mass is 9.87. The van der Waals surface area contributed by atoms with Crippen molar-refractivity contribution in [2.45, 2.75) is 43.1 Å². The zero-order chi connectivity index (χ0) is 16.7. The predicted molar refractivity (Wildman–Crippen MR) is 89.2 cm³/mol. The minimum Gasteiger partial charge on any atom is -0.389 e. The fourth-order valence-electron chi connectivity index (χ4n) is 3.42. The Kier molecular flexibility index (Phi) is 4.12. The molecule has 4 rings (SSSR count). The SMILES string of the molecule is O[C@@H]1[C@@H](O)[C@@H](NCc2ccc(-c3ccccc3)cc2)[C@H]2O[C@H]2[C@H]1O. The van der Waals surface area contributed by atoms with Crippen molar-refractivity contribution in [2.75, 3.05) is 0 Å². The van der Waals surface area contributed by atoms with Gasteiger partial charge in [-0.15, -0.1) is 0 Å². The fraction of sp³-hybridized carbons (Fsp3) is 0.368. The monoisotopic (exact) mass is 327 g/mol. The summed E-state index contributed by atoms with van der Waals surface area (Å²) in [5.41, 5.74) is 3.41. The van der Waals surface area contributed by atoms with Crippen LogP contribution in [0.15, 0.2) is 54.6 Å². The minimum atomic E-state index is -1.17. The molecule has 2 aliphatic rings. The molecule has 0 aromatic heterocycles. The standard InChI is InChI=1S/C19H21NO4/c21-15-14(18-19(24-18)17(23)16(15)22)20-10-11-6-8-13(9-7-11)12-4-2-1-3-5-12/h1-9,14-23H,10H2/t14-,15+,16-,17+,18-,19+/m1/s1. The summed E-state index contributed by atoms with van der Waals surface area (Å²) in [7, 11) is 0. The normalized spacial score (nSPS) is 34.6. The van der Waals surface area contributed by atoms with Gasteiger partial charge in [0.1, 0.15) is 30.5 Å². The van der Waals surface area contributed by atoms with Gasteiger partial charge in [0.05, 0.1) is 6.04 Å². The van der Waals surface area contributed by atoms with Crippen molar-refractivity contribution in [2.24, 2.45) is 0 Å². The lowest BCUT2D eigenvalue weighted by Crippen LogP contribution is -2.58. The van der Waals surface area contributed by atoms with Crippen molar-refractivity contribution < 1.29 is 20.1 Å². The molecule has 0 amide bonds. The Morgan fingerprint density at radius 3 is 2.12 bits per heavy atom. The van der Waals surface area contributed by atoms with Gasteiger partial charge in [-0.2, -0.15) is 0 Å². The number of hydrogen-bond acceptors (Lipinski definition) is 5. The van der Waals surface area contributed by atoms with Crippen LogP contribution in [-0.4, -0.2) is 51.9 Å². The fourth-order valence-corrected chi connectivity index (χ4v) is 3.42. The average Bonchev–Trinajstić information content (AvgIpc) is 3.42. The van der Waals surface area contributed by atoms with Crippen LogP contribution in [0, 0.1) is 0 Å². The molecule has 0 unspecified atom stereocenters. The lowest BCUT2D eigenvalue weighted by Gasteiger charge is -2.32. The first-order chi connectivity index (χ1) is 11.6. The number of ether oxygens (including phenoxy) is 1. The van der Waals surface area contributed by atoms with Crippen LogP contribution < -0.4 is 5.32 Å². The summed E-state index contributed by atoms with van der Waals surface area (Å²) in [6.07, 6.45) is -3.82. The molecule has 1 heterocycles. The maximum Gasteiger partial charge on any atom is 0.114 e. The minimum absolute atomic E-state index is 0.234. The Morgan fingerprint density at radius 2 is 1.42 bits per heavy atom. The molecule has 6 atom stereocenters. The summed E-state index contributed by atoms with van der Waals surface area (Å²) in [5, 5.41) is 33.0. The Morgan fingerprint density at radius 1 is 0.750 bits per heavy atom. The Labute approximate surface area is 140 Å². The largest absolute Gasteiger partial charge is 0.389 e. The van der Waals surface area contributed by atoms with Gasteiger partial charge in [-0.3, -0.25) is 0 Å². The molecular formula is C19H21NO4. The summed E-state index contributed by atoms with van der Waals surface area (Å²) in [6, 6.07) is 18.0. The Hall–Kier alpha value is -1.76. The molecule has 0 radical (unpaired) electrons. The van der Waals surface area contributed by atoms with E-state index in [4.69, 9.17) is 4.74 Å². The molecule has 1 saturated carbocycles. The smallest absolute Gasteiger partial charge is 0.114 e. The van der Waals surface area contributed by atoms with Crippen molar-refractivity contribution >= 4 is 0 Å². The number of epoxide rings is 1. The maximum absolute atomic E-state index is 10.1. The van der Waals surface area contributed by atoms with E-state index in [1.807, 2.05) is 30.3 Å². The van der Waals surface area contributed by atoms with Crippen LogP contribution in [0.2, 0.25) is 0 Å². The number of fused-ring (bicyclic) bond motifs is 1. The van der Waals surface area contributed by atoms with Crippen LogP contribution in [0.25, 0.3) is 11.1 Å². The van der Waals surface area contributed by atoms with Crippen LogP contribution in [0.1, 0.15) is 5.56 Å². The Bertz CT molecular complexity index is 690. The molecule has 4 N–H and O–H groups in total. The summed E-state index contributed by atoms with van der Waals surface area (Å²) >= 11 is 0. The molecule has 2 aromatic rings. The zero-order valence-corrected chi connectivity index (χ0v) is 13.1. The van der Waals surface area contributed by atoms with E-state index < -0.39 is 18.3 Å². The summed E-state index contributed by atoms with van der Waals surface area (Å²) in [5.74, 6) is 0. The third-order valence-corrected chi connectivity index (χ3v) is 4.92. The van der Waals surface area contributed by atoms with Crippen molar-refractivity contribution in [3.63, 3.8) is 0 Å². The van der Waals surface area contributed by atoms with Crippen molar-refractivity contribution in [1.82, 2.24) is 5.32 Å². The quantitative estimate of drug-likeness (QED) is 0.621. The van der Waals surface area contributed by atoms with Crippen LogP contribution >= 0.6 is 0 Å². The van der Waals surface area contributed by atoms with E-state index >= 15 is 0 Å².